The fraction of sp³-hybridized carbons (Fsp3) is 0.500. The van der Waals surface area contributed by atoms with Crippen LogP contribution in [0.15, 0.2) is 18.2 Å². The molecule has 0 aliphatic carbocycles. The van der Waals surface area contributed by atoms with E-state index in [0.29, 0.717) is 28.3 Å². The van der Waals surface area contributed by atoms with Crippen molar-refractivity contribution in [1.29, 1.82) is 0 Å². The molecule has 1 unspecified atom stereocenters. The summed E-state index contributed by atoms with van der Waals surface area (Å²) < 4.78 is 1.88. The fourth-order valence-corrected chi connectivity index (χ4v) is 4.13. The Bertz CT molecular complexity index is 769. The van der Waals surface area contributed by atoms with Gasteiger partial charge in [0.15, 0.2) is 5.69 Å². The first-order valence-electron chi connectivity index (χ1n) is 8.83. The van der Waals surface area contributed by atoms with Crippen LogP contribution in [0.3, 0.4) is 0 Å². The van der Waals surface area contributed by atoms with E-state index >= 15 is 0 Å². The van der Waals surface area contributed by atoms with Crippen molar-refractivity contribution in [2.45, 2.75) is 38.6 Å². The number of amides is 1. The minimum absolute atomic E-state index is 0. The minimum Gasteiger partial charge on any atom is -0.350 e. The molecule has 1 fully saturated rings. The normalized spacial score (nSPS) is 15.9. The molecular formula is C18H24Cl3N5O. The molecule has 0 bridgehead atoms. The van der Waals surface area contributed by atoms with Crippen LogP contribution in [0.1, 0.15) is 53.5 Å². The van der Waals surface area contributed by atoms with Crippen molar-refractivity contribution in [3.63, 3.8) is 0 Å². The fourth-order valence-electron chi connectivity index (χ4n) is 3.36. The van der Waals surface area contributed by atoms with Crippen molar-refractivity contribution in [3.8, 4) is 0 Å². The van der Waals surface area contributed by atoms with Gasteiger partial charge in [0.25, 0.3) is 5.91 Å². The second-order valence-electron chi connectivity index (χ2n) is 6.70. The molecule has 1 saturated heterocycles. The molecule has 9 heteroatoms. The second kappa shape index (κ2) is 9.73. The van der Waals surface area contributed by atoms with Crippen molar-refractivity contribution in [2.75, 3.05) is 19.6 Å². The number of halogens is 3. The van der Waals surface area contributed by atoms with Gasteiger partial charge in [0.2, 0.25) is 0 Å². The molecule has 2 heterocycles. The van der Waals surface area contributed by atoms with Gasteiger partial charge in [-0.05, 0) is 50.6 Å². The topological polar surface area (TPSA) is 71.8 Å². The maximum atomic E-state index is 12.6. The van der Waals surface area contributed by atoms with Crippen LogP contribution in [0.5, 0.6) is 0 Å². The number of carbonyl (C=O) groups excluding carboxylic acids is 1. The summed E-state index contributed by atoms with van der Waals surface area (Å²) in [6.45, 7) is 6.21. The molecule has 1 atom stereocenters. The number of benzene rings is 1. The van der Waals surface area contributed by atoms with Crippen molar-refractivity contribution in [1.82, 2.24) is 25.6 Å². The van der Waals surface area contributed by atoms with E-state index in [4.69, 9.17) is 23.2 Å². The van der Waals surface area contributed by atoms with E-state index in [1.54, 1.807) is 12.1 Å². The van der Waals surface area contributed by atoms with Gasteiger partial charge in [-0.1, -0.05) is 41.4 Å². The molecule has 27 heavy (non-hydrogen) atoms. The van der Waals surface area contributed by atoms with Crippen LogP contribution in [-0.2, 0) is 0 Å². The third-order valence-corrected chi connectivity index (χ3v) is 5.52. The largest absolute Gasteiger partial charge is 0.350 e. The van der Waals surface area contributed by atoms with Gasteiger partial charge in [0, 0.05) is 22.5 Å². The number of piperidine rings is 1. The summed E-state index contributed by atoms with van der Waals surface area (Å²) in [4.78, 5) is 12.6. The van der Waals surface area contributed by atoms with E-state index in [0.717, 1.165) is 37.2 Å². The summed E-state index contributed by atoms with van der Waals surface area (Å²) in [7, 11) is 0. The van der Waals surface area contributed by atoms with Crippen LogP contribution >= 0.6 is 35.6 Å². The van der Waals surface area contributed by atoms with E-state index in [2.05, 4.69) is 20.9 Å². The van der Waals surface area contributed by atoms with Gasteiger partial charge in [-0.3, -0.25) is 4.79 Å². The summed E-state index contributed by atoms with van der Waals surface area (Å²) in [5.74, 6) is -0.238. The summed E-state index contributed by atoms with van der Waals surface area (Å²) in [6, 6.07) is 5.71. The number of hydrogen-bond donors (Lipinski definition) is 2. The molecule has 3 rings (SSSR count). The molecular weight excluding hydrogens is 409 g/mol. The number of nitrogens with zero attached hydrogens (tertiary/aromatic N) is 3. The molecule has 6 nitrogen and oxygen atoms in total. The standard InChI is InChI=1S/C18H23Cl2N5O.ClH/c1-11(16-14(19)4-3-5-15(16)20)10-22-18(26)17-12(2)25(24-23-17)13-6-8-21-9-7-13;/h3-5,11,13,21H,6-10H2,1-2H3,(H,22,26);1H. The minimum atomic E-state index is -0.224. The van der Waals surface area contributed by atoms with Crippen LogP contribution < -0.4 is 10.6 Å². The third kappa shape index (κ3) is 4.93. The Labute approximate surface area is 175 Å². The Morgan fingerprint density at radius 3 is 2.59 bits per heavy atom. The van der Waals surface area contributed by atoms with E-state index in [1.165, 1.54) is 0 Å². The number of hydrogen-bond acceptors (Lipinski definition) is 4. The Kier molecular flexibility index (Phi) is 7.91. The average molecular weight is 433 g/mol. The maximum absolute atomic E-state index is 12.6. The Morgan fingerprint density at radius 1 is 1.33 bits per heavy atom. The predicted molar refractivity (Wildman–Crippen MR) is 110 cm³/mol. The Balaban J connectivity index is 0.00000261. The number of rotatable bonds is 5. The summed E-state index contributed by atoms with van der Waals surface area (Å²) in [5.41, 5.74) is 2.02. The van der Waals surface area contributed by atoms with Gasteiger partial charge in [0.05, 0.1) is 11.7 Å². The summed E-state index contributed by atoms with van der Waals surface area (Å²) in [6.07, 6.45) is 1.99. The van der Waals surface area contributed by atoms with Crippen LogP contribution in [0.25, 0.3) is 0 Å². The first kappa shape index (κ1) is 22.0. The predicted octanol–water partition coefficient (Wildman–Crippen LogP) is 3.77. The SMILES string of the molecule is Cc1c(C(=O)NCC(C)c2c(Cl)cccc2Cl)nnn1C1CCNCC1.Cl. The highest BCUT2D eigenvalue weighted by atomic mass is 35.5. The zero-order valence-corrected chi connectivity index (χ0v) is 17.7. The molecule has 1 amide bonds. The van der Waals surface area contributed by atoms with Crippen LogP contribution in [-0.4, -0.2) is 40.5 Å². The van der Waals surface area contributed by atoms with Crippen molar-refractivity contribution < 1.29 is 4.79 Å². The van der Waals surface area contributed by atoms with E-state index < -0.39 is 0 Å². The summed E-state index contributed by atoms with van der Waals surface area (Å²) in [5, 5.41) is 15.8. The quantitative estimate of drug-likeness (QED) is 0.754. The van der Waals surface area contributed by atoms with Gasteiger partial charge >= 0.3 is 0 Å². The lowest BCUT2D eigenvalue weighted by molar-refractivity contribution is 0.0946. The number of aromatic nitrogens is 3. The molecule has 1 aromatic heterocycles. The van der Waals surface area contributed by atoms with Crippen molar-refractivity contribution in [2.24, 2.45) is 0 Å². The molecule has 1 aliphatic rings. The maximum Gasteiger partial charge on any atom is 0.273 e. The van der Waals surface area contributed by atoms with Gasteiger partial charge < -0.3 is 10.6 Å². The van der Waals surface area contributed by atoms with Gasteiger partial charge in [-0.25, -0.2) is 4.68 Å². The highest BCUT2D eigenvalue weighted by Crippen LogP contribution is 2.31. The monoisotopic (exact) mass is 431 g/mol. The number of carbonyl (C=O) groups is 1. The van der Waals surface area contributed by atoms with Gasteiger partial charge in [0.1, 0.15) is 0 Å². The second-order valence-corrected chi connectivity index (χ2v) is 7.51. The van der Waals surface area contributed by atoms with Gasteiger partial charge in [-0.2, -0.15) is 0 Å². The third-order valence-electron chi connectivity index (χ3n) is 4.86. The van der Waals surface area contributed by atoms with Gasteiger partial charge in [-0.15, -0.1) is 17.5 Å². The molecule has 0 saturated carbocycles. The molecule has 0 spiro atoms. The zero-order valence-electron chi connectivity index (χ0n) is 15.3. The zero-order chi connectivity index (χ0) is 18.7. The lowest BCUT2D eigenvalue weighted by Gasteiger charge is -2.23. The van der Waals surface area contributed by atoms with Crippen LogP contribution in [0.2, 0.25) is 10.0 Å². The smallest absolute Gasteiger partial charge is 0.273 e. The van der Waals surface area contributed by atoms with Crippen molar-refractivity contribution in [3.05, 3.63) is 45.2 Å². The molecule has 1 aliphatic heterocycles. The first-order chi connectivity index (χ1) is 12.5. The van der Waals surface area contributed by atoms with Crippen molar-refractivity contribution >= 4 is 41.5 Å². The average Bonchev–Trinajstić information content (AvgIpc) is 3.02. The highest BCUT2D eigenvalue weighted by Gasteiger charge is 2.23. The highest BCUT2D eigenvalue weighted by molar-refractivity contribution is 6.36. The molecule has 2 aromatic rings. The molecule has 2 N–H and O–H groups in total. The van der Waals surface area contributed by atoms with Crippen LogP contribution in [0.4, 0.5) is 0 Å². The van der Waals surface area contributed by atoms with E-state index in [-0.39, 0.29) is 24.2 Å². The Hall–Kier alpha value is -1.34. The molecule has 1 aromatic carbocycles. The number of nitrogens with one attached hydrogen (secondary N) is 2. The molecule has 0 radical (unpaired) electrons. The summed E-state index contributed by atoms with van der Waals surface area (Å²) >= 11 is 12.5. The lowest BCUT2D eigenvalue weighted by atomic mass is 10.0. The van der Waals surface area contributed by atoms with E-state index in [9.17, 15) is 4.79 Å². The van der Waals surface area contributed by atoms with E-state index in [1.807, 2.05) is 24.6 Å². The molecule has 148 valence electrons. The lowest BCUT2D eigenvalue weighted by Crippen LogP contribution is -2.31. The van der Waals surface area contributed by atoms with Crippen LogP contribution in [0, 0.1) is 6.92 Å². The first-order valence-corrected chi connectivity index (χ1v) is 9.59. The Morgan fingerprint density at radius 2 is 1.96 bits per heavy atom.